The summed E-state index contributed by atoms with van der Waals surface area (Å²) in [5, 5.41) is 2.87. The van der Waals surface area contributed by atoms with E-state index in [1.165, 1.54) is 12.1 Å². The Morgan fingerprint density at radius 3 is 2.63 bits per heavy atom. The van der Waals surface area contributed by atoms with Crippen molar-refractivity contribution in [2.75, 3.05) is 6.54 Å². The highest BCUT2D eigenvalue weighted by atomic mass is 19.1. The molecule has 2 amide bonds. The Balaban J connectivity index is 1.28. The maximum absolute atomic E-state index is 13.6. The summed E-state index contributed by atoms with van der Waals surface area (Å²) in [6.07, 6.45) is 0.728. The lowest BCUT2D eigenvalue weighted by Crippen LogP contribution is -2.39. The molecule has 1 N–H and O–H groups in total. The molecular weight excluding hydrogens is 483 g/mol. The van der Waals surface area contributed by atoms with E-state index in [1.807, 2.05) is 49.4 Å². The third-order valence-corrected chi connectivity index (χ3v) is 6.74. The molecule has 0 spiro atoms. The Morgan fingerprint density at radius 2 is 1.87 bits per heavy atom. The van der Waals surface area contributed by atoms with Crippen LogP contribution < -0.4 is 10.1 Å². The number of ether oxygens (including phenoxy) is 1. The van der Waals surface area contributed by atoms with Gasteiger partial charge in [-0.25, -0.2) is 4.39 Å². The second kappa shape index (κ2) is 10.9. The van der Waals surface area contributed by atoms with Crippen LogP contribution in [0.4, 0.5) is 4.39 Å². The van der Waals surface area contributed by atoms with Crippen LogP contribution in [0.5, 0.6) is 5.75 Å². The Hall–Kier alpha value is -4.39. The van der Waals surface area contributed by atoms with Gasteiger partial charge >= 0.3 is 0 Å². The maximum atomic E-state index is 13.6. The van der Waals surface area contributed by atoms with Crippen LogP contribution in [0, 0.1) is 12.7 Å². The maximum Gasteiger partial charge on any atom is 0.287 e. The Bertz CT molecular complexity index is 1460. The fourth-order valence-electron chi connectivity index (χ4n) is 4.85. The van der Waals surface area contributed by atoms with E-state index in [1.54, 1.807) is 36.1 Å². The summed E-state index contributed by atoms with van der Waals surface area (Å²) in [4.78, 5) is 26.8. The fourth-order valence-corrected chi connectivity index (χ4v) is 4.85. The zero-order valence-corrected chi connectivity index (χ0v) is 21.4. The fraction of sp³-hybridized carbons (Fsp3) is 0.226. The van der Waals surface area contributed by atoms with Crippen molar-refractivity contribution in [3.05, 3.63) is 124 Å². The molecule has 4 aromatic rings. The third-order valence-electron chi connectivity index (χ3n) is 6.74. The summed E-state index contributed by atoms with van der Waals surface area (Å²) >= 11 is 0. The Labute approximate surface area is 221 Å². The standard InChI is InChI=1S/C31H29FN2O4/c1-20-4-3-5-22(16-20)18-33-31(36)29-13-12-27(38-29)19-37-26-11-8-23-14-15-34(21(2)35)30(28(23)17-26)24-6-9-25(32)10-7-24/h3-13,16-17,30H,14-15,18-19H2,1-2H3,(H,33,36). The number of carbonyl (C=O) groups is 2. The predicted molar refractivity (Wildman–Crippen MR) is 141 cm³/mol. The van der Waals surface area contributed by atoms with Crippen LogP contribution in [-0.4, -0.2) is 23.3 Å². The van der Waals surface area contributed by atoms with Gasteiger partial charge in [-0.2, -0.15) is 0 Å². The molecule has 1 unspecified atom stereocenters. The molecule has 3 aromatic carbocycles. The van der Waals surface area contributed by atoms with Gasteiger partial charge in [0.1, 0.15) is 23.9 Å². The van der Waals surface area contributed by atoms with E-state index in [4.69, 9.17) is 9.15 Å². The number of furan rings is 1. The summed E-state index contributed by atoms with van der Waals surface area (Å²) in [6.45, 7) is 4.70. The lowest BCUT2D eigenvalue weighted by atomic mass is 9.88. The highest BCUT2D eigenvalue weighted by Gasteiger charge is 2.31. The van der Waals surface area contributed by atoms with E-state index in [0.29, 0.717) is 24.6 Å². The minimum Gasteiger partial charge on any atom is -0.486 e. The average Bonchev–Trinajstić information content (AvgIpc) is 3.39. The van der Waals surface area contributed by atoms with Gasteiger partial charge in [-0.1, -0.05) is 48.0 Å². The van der Waals surface area contributed by atoms with Crippen LogP contribution in [0.2, 0.25) is 0 Å². The molecule has 0 saturated carbocycles. The number of amides is 2. The second-order valence-electron chi connectivity index (χ2n) is 9.50. The van der Waals surface area contributed by atoms with E-state index in [0.717, 1.165) is 34.2 Å². The lowest BCUT2D eigenvalue weighted by molar-refractivity contribution is -0.130. The molecule has 1 atom stereocenters. The van der Waals surface area contributed by atoms with Crippen LogP contribution in [0.3, 0.4) is 0 Å². The smallest absolute Gasteiger partial charge is 0.287 e. The Kier molecular flexibility index (Phi) is 7.26. The van der Waals surface area contributed by atoms with Gasteiger partial charge in [-0.15, -0.1) is 0 Å². The monoisotopic (exact) mass is 512 g/mol. The van der Waals surface area contributed by atoms with Crippen LogP contribution in [0.25, 0.3) is 0 Å². The van der Waals surface area contributed by atoms with Crippen molar-refractivity contribution >= 4 is 11.8 Å². The molecule has 38 heavy (non-hydrogen) atoms. The average molecular weight is 513 g/mol. The number of hydrogen-bond donors (Lipinski definition) is 1. The summed E-state index contributed by atoms with van der Waals surface area (Å²) in [5.41, 5.74) is 5.06. The summed E-state index contributed by atoms with van der Waals surface area (Å²) in [5.74, 6) is 0.693. The summed E-state index contributed by atoms with van der Waals surface area (Å²) < 4.78 is 25.3. The number of halogens is 1. The molecule has 7 heteroatoms. The van der Waals surface area contributed by atoms with Crippen molar-refractivity contribution in [1.29, 1.82) is 0 Å². The largest absolute Gasteiger partial charge is 0.486 e. The number of benzene rings is 3. The normalized spacial score (nSPS) is 14.6. The lowest BCUT2D eigenvalue weighted by Gasteiger charge is -2.37. The molecular formula is C31H29FN2O4. The molecule has 0 fully saturated rings. The SMILES string of the molecule is CC(=O)N1CCc2ccc(OCc3ccc(C(=O)NCc4cccc(C)c4)o3)cc2C1c1ccc(F)cc1. The van der Waals surface area contributed by atoms with Crippen LogP contribution in [0.15, 0.2) is 83.3 Å². The summed E-state index contributed by atoms with van der Waals surface area (Å²) in [7, 11) is 0. The van der Waals surface area contributed by atoms with E-state index < -0.39 is 0 Å². The van der Waals surface area contributed by atoms with Gasteiger partial charge in [0.15, 0.2) is 5.76 Å². The van der Waals surface area contributed by atoms with Gasteiger partial charge < -0.3 is 19.4 Å². The first kappa shape index (κ1) is 25.3. The first-order chi connectivity index (χ1) is 18.4. The molecule has 194 valence electrons. The van der Waals surface area contributed by atoms with Crippen molar-refractivity contribution in [3.8, 4) is 5.75 Å². The van der Waals surface area contributed by atoms with Gasteiger partial charge in [0, 0.05) is 20.0 Å². The zero-order chi connectivity index (χ0) is 26.6. The van der Waals surface area contributed by atoms with E-state index in [-0.39, 0.29) is 36.0 Å². The minimum absolute atomic E-state index is 0.0416. The van der Waals surface area contributed by atoms with Crippen molar-refractivity contribution < 1.29 is 23.1 Å². The first-order valence-electron chi connectivity index (χ1n) is 12.6. The predicted octanol–water partition coefficient (Wildman–Crippen LogP) is 5.73. The molecule has 1 aliphatic heterocycles. The number of carbonyl (C=O) groups excluding carboxylic acids is 2. The molecule has 1 aliphatic rings. The molecule has 6 nitrogen and oxygen atoms in total. The van der Waals surface area contributed by atoms with Crippen molar-refractivity contribution in [2.45, 2.75) is 39.5 Å². The molecule has 1 aromatic heterocycles. The van der Waals surface area contributed by atoms with E-state index in [9.17, 15) is 14.0 Å². The third kappa shape index (κ3) is 5.62. The van der Waals surface area contributed by atoms with Gasteiger partial charge in [0.2, 0.25) is 5.91 Å². The topological polar surface area (TPSA) is 71.8 Å². The molecule has 0 radical (unpaired) electrons. The number of fused-ring (bicyclic) bond motifs is 1. The molecule has 2 heterocycles. The highest BCUT2D eigenvalue weighted by Crippen LogP contribution is 2.37. The molecule has 0 saturated heterocycles. The quantitative estimate of drug-likeness (QED) is 0.343. The highest BCUT2D eigenvalue weighted by molar-refractivity contribution is 5.91. The van der Waals surface area contributed by atoms with Crippen molar-refractivity contribution in [2.24, 2.45) is 0 Å². The number of aryl methyl sites for hydroxylation is 1. The molecule has 0 aliphatic carbocycles. The van der Waals surface area contributed by atoms with Gasteiger partial charge in [0.05, 0.1) is 6.04 Å². The van der Waals surface area contributed by atoms with E-state index in [2.05, 4.69) is 5.32 Å². The first-order valence-corrected chi connectivity index (χ1v) is 12.6. The minimum atomic E-state index is -0.326. The number of nitrogens with one attached hydrogen (secondary N) is 1. The molecule has 5 rings (SSSR count). The van der Waals surface area contributed by atoms with Crippen LogP contribution in [-0.2, 0) is 24.4 Å². The van der Waals surface area contributed by atoms with Crippen molar-refractivity contribution in [1.82, 2.24) is 10.2 Å². The summed E-state index contributed by atoms with van der Waals surface area (Å²) in [6, 6.07) is 23.1. The Morgan fingerprint density at radius 1 is 1.05 bits per heavy atom. The number of nitrogens with zero attached hydrogens (tertiary/aromatic N) is 1. The molecule has 0 bridgehead atoms. The second-order valence-corrected chi connectivity index (χ2v) is 9.50. The number of hydrogen-bond acceptors (Lipinski definition) is 4. The van der Waals surface area contributed by atoms with Gasteiger partial charge in [0.25, 0.3) is 5.91 Å². The van der Waals surface area contributed by atoms with Gasteiger partial charge in [-0.3, -0.25) is 9.59 Å². The van der Waals surface area contributed by atoms with Gasteiger partial charge in [-0.05, 0) is 72.0 Å². The van der Waals surface area contributed by atoms with Crippen molar-refractivity contribution in [3.63, 3.8) is 0 Å². The van der Waals surface area contributed by atoms with Crippen LogP contribution in [0.1, 0.15) is 57.1 Å². The zero-order valence-electron chi connectivity index (χ0n) is 21.4. The van der Waals surface area contributed by atoms with Crippen LogP contribution >= 0.6 is 0 Å². The van der Waals surface area contributed by atoms with E-state index >= 15 is 0 Å². The number of rotatable bonds is 7.